The van der Waals surface area contributed by atoms with E-state index in [4.69, 9.17) is 21.1 Å². The average molecular weight is 484 g/mol. The van der Waals surface area contributed by atoms with Crippen molar-refractivity contribution in [2.24, 2.45) is 0 Å². The van der Waals surface area contributed by atoms with Crippen LogP contribution in [-0.4, -0.2) is 49.3 Å². The van der Waals surface area contributed by atoms with Gasteiger partial charge in [0, 0.05) is 5.39 Å². The third-order valence-corrected chi connectivity index (χ3v) is 5.17. The zero-order valence-electron chi connectivity index (χ0n) is 18.3. The Balaban J connectivity index is 1.93. The minimum Gasteiger partial charge on any atom is -0.494 e. The summed E-state index contributed by atoms with van der Waals surface area (Å²) in [7, 11) is 1.54. The van der Waals surface area contributed by atoms with Gasteiger partial charge in [-0.3, -0.25) is 10.1 Å². The van der Waals surface area contributed by atoms with Gasteiger partial charge < -0.3 is 14.8 Å². The standard InChI is InChI=1S/C21H18ClN7O5/c1-4-34-21(30)13-9-25-28(20(13)27-19-17(29(31)32)18(22)23-10-24-19)15-8-11(2)12-6-5-7-14(33-3)16(12)26-15/h5-10H,4H2,1-3H3,(H,23,24,27). The van der Waals surface area contributed by atoms with Gasteiger partial charge in [0.25, 0.3) is 0 Å². The van der Waals surface area contributed by atoms with E-state index in [1.165, 1.54) is 18.0 Å². The van der Waals surface area contributed by atoms with Gasteiger partial charge in [0.1, 0.15) is 23.2 Å². The van der Waals surface area contributed by atoms with Crippen molar-refractivity contribution in [3.05, 3.63) is 63.2 Å². The van der Waals surface area contributed by atoms with Crippen LogP contribution in [0.1, 0.15) is 22.8 Å². The van der Waals surface area contributed by atoms with Crippen LogP contribution in [0.5, 0.6) is 5.75 Å². The second kappa shape index (κ2) is 9.27. The Bertz CT molecular complexity index is 1420. The highest BCUT2D eigenvalue weighted by Gasteiger charge is 2.27. The first kappa shape index (κ1) is 22.9. The quantitative estimate of drug-likeness (QED) is 0.177. The molecular formula is C21H18ClN7O5. The number of pyridine rings is 1. The zero-order valence-corrected chi connectivity index (χ0v) is 19.0. The van der Waals surface area contributed by atoms with Gasteiger partial charge in [0.05, 0.1) is 24.8 Å². The third-order valence-electron chi connectivity index (χ3n) is 4.89. The largest absolute Gasteiger partial charge is 0.494 e. The molecule has 0 spiro atoms. The summed E-state index contributed by atoms with van der Waals surface area (Å²) in [4.78, 5) is 35.7. The van der Waals surface area contributed by atoms with Crippen LogP contribution in [0, 0.1) is 17.0 Å². The second-order valence-electron chi connectivity index (χ2n) is 6.94. The number of nitrogens with one attached hydrogen (secondary N) is 1. The fourth-order valence-corrected chi connectivity index (χ4v) is 3.57. The fraction of sp³-hybridized carbons (Fsp3) is 0.190. The van der Waals surface area contributed by atoms with E-state index in [9.17, 15) is 14.9 Å². The van der Waals surface area contributed by atoms with E-state index in [0.29, 0.717) is 17.1 Å². The lowest BCUT2D eigenvalue weighted by molar-refractivity contribution is -0.384. The Morgan fingerprint density at radius 3 is 2.82 bits per heavy atom. The molecule has 34 heavy (non-hydrogen) atoms. The van der Waals surface area contributed by atoms with Crippen LogP contribution in [0.15, 0.2) is 36.8 Å². The van der Waals surface area contributed by atoms with Crippen LogP contribution in [0.25, 0.3) is 16.7 Å². The lowest BCUT2D eigenvalue weighted by Crippen LogP contribution is -2.12. The van der Waals surface area contributed by atoms with Crippen molar-refractivity contribution < 1.29 is 19.2 Å². The van der Waals surface area contributed by atoms with Crippen molar-refractivity contribution in [1.82, 2.24) is 24.7 Å². The monoisotopic (exact) mass is 483 g/mol. The van der Waals surface area contributed by atoms with Crippen LogP contribution in [0.2, 0.25) is 5.15 Å². The van der Waals surface area contributed by atoms with E-state index in [1.807, 2.05) is 19.1 Å². The van der Waals surface area contributed by atoms with Crippen LogP contribution in [0.3, 0.4) is 0 Å². The lowest BCUT2D eigenvalue weighted by Gasteiger charge is -2.13. The summed E-state index contributed by atoms with van der Waals surface area (Å²) in [5, 5.41) is 19.2. The van der Waals surface area contributed by atoms with Gasteiger partial charge in [-0.05, 0) is 31.5 Å². The van der Waals surface area contributed by atoms with E-state index >= 15 is 0 Å². The molecule has 0 aliphatic rings. The van der Waals surface area contributed by atoms with Gasteiger partial charge in [0.15, 0.2) is 11.6 Å². The maximum Gasteiger partial charge on any atom is 0.348 e. The van der Waals surface area contributed by atoms with Crippen LogP contribution < -0.4 is 10.1 Å². The van der Waals surface area contributed by atoms with Gasteiger partial charge in [-0.2, -0.15) is 9.78 Å². The predicted octanol–water partition coefficient (Wildman–Crippen LogP) is 4.01. The van der Waals surface area contributed by atoms with Crippen molar-refractivity contribution in [2.45, 2.75) is 13.8 Å². The number of hydrogen-bond donors (Lipinski definition) is 1. The summed E-state index contributed by atoms with van der Waals surface area (Å²) < 4.78 is 11.9. The number of hydrogen-bond acceptors (Lipinski definition) is 10. The minimum absolute atomic E-state index is 0.0189. The molecule has 4 rings (SSSR count). The highest BCUT2D eigenvalue weighted by atomic mass is 35.5. The number of methoxy groups -OCH3 is 1. The molecule has 0 saturated carbocycles. The van der Waals surface area contributed by atoms with Crippen molar-refractivity contribution in [3.8, 4) is 11.6 Å². The molecule has 0 fully saturated rings. The number of esters is 1. The number of benzene rings is 1. The fourth-order valence-electron chi connectivity index (χ4n) is 3.37. The van der Waals surface area contributed by atoms with Crippen molar-refractivity contribution in [3.63, 3.8) is 0 Å². The molecule has 13 heteroatoms. The second-order valence-corrected chi connectivity index (χ2v) is 7.29. The zero-order chi connectivity index (χ0) is 24.4. The molecule has 4 aromatic rings. The number of carbonyl (C=O) groups excluding carboxylic acids is 1. The number of halogens is 1. The number of rotatable bonds is 7. The average Bonchev–Trinajstić information content (AvgIpc) is 3.22. The molecule has 0 unspecified atom stereocenters. The Labute approximate surface area is 197 Å². The number of nitro groups is 1. The molecule has 174 valence electrons. The number of carbonyl (C=O) groups is 1. The molecule has 0 saturated heterocycles. The molecule has 1 N–H and O–H groups in total. The third kappa shape index (κ3) is 4.06. The summed E-state index contributed by atoms with van der Waals surface area (Å²) in [6, 6.07) is 7.29. The van der Waals surface area contributed by atoms with E-state index in [-0.39, 0.29) is 29.0 Å². The molecule has 3 aromatic heterocycles. The Morgan fingerprint density at radius 1 is 1.32 bits per heavy atom. The van der Waals surface area contributed by atoms with Crippen LogP contribution in [-0.2, 0) is 4.74 Å². The first-order valence-electron chi connectivity index (χ1n) is 9.97. The highest BCUT2D eigenvalue weighted by molar-refractivity contribution is 6.31. The number of nitrogens with zero attached hydrogens (tertiary/aromatic N) is 6. The van der Waals surface area contributed by atoms with Gasteiger partial charge >= 0.3 is 11.7 Å². The van der Waals surface area contributed by atoms with E-state index < -0.39 is 16.6 Å². The molecule has 0 atom stereocenters. The van der Waals surface area contributed by atoms with Crippen molar-refractivity contribution in [2.75, 3.05) is 19.0 Å². The molecule has 0 aliphatic heterocycles. The van der Waals surface area contributed by atoms with E-state index in [1.54, 1.807) is 19.1 Å². The normalized spacial score (nSPS) is 10.8. The molecule has 3 heterocycles. The Hall–Kier alpha value is -4.32. The van der Waals surface area contributed by atoms with Crippen molar-refractivity contribution in [1.29, 1.82) is 0 Å². The predicted molar refractivity (Wildman–Crippen MR) is 123 cm³/mol. The summed E-state index contributed by atoms with van der Waals surface area (Å²) in [5.41, 5.74) is 0.908. The summed E-state index contributed by atoms with van der Waals surface area (Å²) in [5.74, 6) is 0.0160. The maximum atomic E-state index is 12.6. The molecule has 0 radical (unpaired) electrons. The number of aromatic nitrogens is 5. The van der Waals surface area contributed by atoms with Crippen LogP contribution >= 0.6 is 11.6 Å². The molecule has 12 nitrogen and oxygen atoms in total. The SMILES string of the molecule is CCOC(=O)c1cnn(-c2cc(C)c3cccc(OC)c3n2)c1Nc1ncnc(Cl)c1[N+](=O)[O-]. The first-order chi connectivity index (χ1) is 16.3. The Kier molecular flexibility index (Phi) is 6.23. The number of para-hydroxylation sites is 1. The number of aryl methyl sites for hydroxylation is 1. The Morgan fingerprint density at radius 2 is 2.12 bits per heavy atom. The number of ether oxygens (including phenoxy) is 2. The molecule has 0 aliphatic carbocycles. The molecular weight excluding hydrogens is 466 g/mol. The van der Waals surface area contributed by atoms with Crippen molar-refractivity contribution >= 4 is 45.8 Å². The topological polar surface area (TPSA) is 147 Å². The molecule has 0 amide bonds. The van der Waals surface area contributed by atoms with Crippen LogP contribution in [0.4, 0.5) is 17.3 Å². The number of anilines is 2. The number of fused-ring (bicyclic) bond motifs is 1. The molecule has 0 bridgehead atoms. The summed E-state index contributed by atoms with van der Waals surface area (Å²) in [6.45, 7) is 3.67. The summed E-state index contributed by atoms with van der Waals surface area (Å²) >= 11 is 5.92. The lowest BCUT2D eigenvalue weighted by atomic mass is 10.1. The molecule has 1 aromatic carbocycles. The smallest absolute Gasteiger partial charge is 0.348 e. The summed E-state index contributed by atoms with van der Waals surface area (Å²) in [6.07, 6.45) is 2.34. The highest BCUT2D eigenvalue weighted by Crippen LogP contribution is 2.34. The maximum absolute atomic E-state index is 12.6. The van der Waals surface area contributed by atoms with Gasteiger partial charge in [0.2, 0.25) is 11.0 Å². The minimum atomic E-state index is -0.724. The van der Waals surface area contributed by atoms with E-state index in [2.05, 4.69) is 25.4 Å². The van der Waals surface area contributed by atoms with Gasteiger partial charge in [-0.15, -0.1) is 0 Å². The van der Waals surface area contributed by atoms with Gasteiger partial charge in [-0.1, -0.05) is 23.7 Å². The van der Waals surface area contributed by atoms with E-state index in [0.717, 1.165) is 17.3 Å². The van der Waals surface area contributed by atoms with Gasteiger partial charge in [-0.25, -0.2) is 19.7 Å². The first-order valence-corrected chi connectivity index (χ1v) is 10.3.